The van der Waals surface area contributed by atoms with E-state index >= 15 is 0 Å². The van der Waals surface area contributed by atoms with Gasteiger partial charge in [0.15, 0.2) is 0 Å². The van der Waals surface area contributed by atoms with Crippen LogP contribution in [0.2, 0.25) is 0 Å². The minimum absolute atomic E-state index is 0.0537. The molecule has 0 bridgehead atoms. The molecule has 0 saturated heterocycles. The van der Waals surface area contributed by atoms with E-state index in [1.165, 1.54) is 12.7 Å². The Kier molecular flexibility index (Phi) is 6.98. The second kappa shape index (κ2) is 8.94. The van der Waals surface area contributed by atoms with Crippen LogP contribution in [0.25, 0.3) is 0 Å². The summed E-state index contributed by atoms with van der Waals surface area (Å²) in [4.78, 5) is 24.2. The first kappa shape index (κ1) is 25.0. The average Bonchev–Trinajstić information content (AvgIpc) is 3.01. The molecule has 2 N–H and O–H groups in total. The standard InChI is InChI=1S/C26H40O6/c1-16(8-10-19-17(2)14-21(28)32-19)9-11-20-24(3)12-7-13-25(4,23(29)31-6)22(24)18(27)15-26(20,5)30/h8,14,18-20,22,27,30H,7,9-13,15H2,1-6H3. The van der Waals surface area contributed by atoms with Gasteiger partial charge in [-0.05, 0) is 70.3 Å². The zero-order valence-electron chi connectivity index (χ0n) is 20.4. The van der Waals surface area contributed by atoms with E-state index in [1.54, 1.807) is 6.08 Å². The van der Waals surface area contributed by atoms with Crippen LogP contribution in [0.5, 0.6) is 0 Å². The van der Waals surface area contributed by atoms with Crippen LogP contribution in [0.15, 0.2) is 23.3 Å². The summed E-state index contributed by atoms with van der Waals surface area (Å²) < 4.78 is 10.5. The van der Waals surface area contributed by atoms with E-state index in [0.717, 1.165) is 31.3 Å². The Balaban J connectivity index is 1.78. The summed E-state index contributed by atoms with van der Waals surface area (Å²) in [7, 11) is 1.41. The number of fused-ring (bicyclic) bond motifs is 1. The monoisotopic (exact) mass is 448 g/mol. The Morgan fingerprint density at radius 3 is 2.59 bits per heavy atom. The molecule has 6 heteroatoms. The number of allylic oxidation sites excluding steroid dienone is 1. The van der Waals surface area contributed by atoms with Gasteiger partial charge in [0.2, 0.25) is 0 Å². The van der Waals surface area contributed by atoms with Gasteiger partial charge in [-0.1, -0.05) is 25.0 Å². The zero-order valence-corrected chi connectivity index (χ0v) is 20.4. The van der Waals surface area contributed by atoms with Crippen molar-refractivity contribution >= 4 is 11.9 Å². The molecule has 3 rings (SSSR count). The van der Waals surface area contributed by atoms with Gasteiger partial charge in [-0.25, -0.2) is 4.79 Å². The molecule has 32 heavy (non-hydrogen) atoms. The van der Waals surface area contributed by atoms with Crippen LogP contribution in [0.4, 0.5) is 0 Å². The lowest BCUT2D eigenvalue weighted by Gasteiger charge is -2.62. The maximum Gasteiger partial charge on any atom is 0.331 e. The lowest BCUT2D eigenvalue weighted by atomic mass is 9.44. The fraction of sp³-hybridized carbons (Fsp3) is 0.769. The molecule has 0 aromatic rings. The molecular formula is C26H40O6. The largest absolute Gasteiger partial charge is 0.469 e. The molecule has 180 valence electrons. The van der Waals surface area contributed by atoms with Crippen molar-refractivity contribution in [3.63, 3.8) is 0 Å². The Bertz CT molecular complexity index is 811. The molecule has 3 aliphatic rings. The Morgan fingerprint density at radius 2 is 2.00 bits per heavy atom. The number of carbonyl (C=O) groups excluding carboxylic acids is 2. The van der Waals surface area contributed by atoms with Gasteiger partial charge >= 0.3 is 11.9 Å². The number of carbonyl (C=O) groups is 2. The van der Waals surface area contributed by atoms with E-state index in [1.807, 2.05) is 20.8 Å². The summed E-state index contributed by atoms with van der Waals surface area (Å²) in [5, 5.41) is 22.5. The number of rotatable bonds is 6. The third-order valence-electron chi connectivity index (χ3n) is 8.63. The van der Waals surface area contributed by atoms with Gasteiger partial charge in [0.05, 0.1) is 24.2 Å². The first-order valence-electron chi connectivity index (χ1n) is 11.9. The van der Waals surface area contributed by atoms with Crippen LogP contribution in [-0.4, -0.2) is 47.1 Å². The minimum Gasteiger partial charge on any atom is -0.469 e. The molecule has 0 amide bonds. The van der Waals surface area contributed by atoms with Gasteiger partial charge in [0.25, 0.3) is 0 Å². The molecule has 2 saturated carbocycles. The van der Waals surface area contributed by atoms with Crippen molar-refractivity contribution in [1.29, 1.82) is 0 Å². The zero-order chi connectivity index (χ0) is 23.9. The number of hydrogen-bond donors (Lipinski definition) is 2. The third kappa shape index (κ3) is 4.41. The average molecular weight is 449 g/mol. The summed E-state index contributed by atoms with van der Waals surface area (Å²) in [6, 6.07) is 0. The van der Waals surface area contributed by atoms with Crippen molar-refractivity contribution in [2.75, 3.05) is 7.11 Å². The summed E-state index contributed by atoms with van der Waals surface area (Å²) in [6.07, 6.45) is 7.63. The van der Waals surface area contributed by atoms with Crippen LogP contribution in [0, 0.1) is 22.7 Å². The highest BCUT2D eigenvalue weighted by Crippen LogP contribution is 2.63. The molecule has 0 aromatic carbocycles. The van der Waals surface area contributed by atoms with E-state index in [4.69, 9.17) is 9.47 Å². The van der Waals surface area contributed by atoms with E-state index in [9.17, 15) is 19.8 Å². The number of ether oxygens (including phenoxy) is 2. The van der Waals surface area contributed by atoms with Gasteiger partial charge in [-0.3, -0.25) is 4.79 Å². The number of aliphatic hydroxyl groups excluding tert-OH is 1. The van der Waals surface area contributed by atoms with Crippen molar-refractivity contribution < 1.29 is 29.3 Å². The second-order valence-corrected chi connectivity index (χ2v) is 11.1. The molecule has 2 aliphatic carbocycles. The van der Waals surface area contributed by atoms with Crippen LogP contribution in [-0.2, 0) is 19.1 Å². The Hall–Kier alpha value is -1.66. The van der Waals surface area contributed by atoms with Crippen LogP contribution >= 0.6 is 0 Å². The molecule has 0 spiro atoms. The fourth-order valence-corrected chi connectivity index (χ4v) is 7.19. The van der Waals surface area contributed by atoms with Crippen molar-refractivity contribution in [2.24, 2.45) is 22.7 Å². The third-order valence-corrected chi connectivity index (χ3v) is 8.63. The van der Waals surface area contributed by atoms with Gasteiger partial charge < -0.3 is 19.7 Å². The van der Waals surface area contributed by atoms with Crippen molar-refractivity contribution in [2.45, 2.75) is 97.4 Å². The molecule has 0 radical (unpaired) electrons. The molecule has 2 fully saturated rings. The SMILES string of the molecule is COC(=O)C1(C)CCCC2(C)C(CCC(C)=CCC3OC(=O)C=C3C)C(C)(O)CC(O)C12. The normalized spacial score (nSPS) is 42.2. The van der Waals surface area contributed by atoms with Crippen molar-refractivity contribution in [3.05, 3.63) is 23.3 Å². The van der Waals surface area contributed by atoms with Crippen LogP contribution < -0.4 is 0 Å². The summed E-state index contributed by atoms with van der Waals surface area (Å²) >= 11 is 0. The van der Waals surface area contributed by atoms with E-state index < -0.39 is 17.1 Å². The van der Waals surface area contributed by atoms with Crippen LogP contribution in [0.3, 0.4) is 0 Å². The highest BCUT2D eigenvalue weighted by Gasteiger charge is 2.64. The molecule has 1 aliphatic heterocycles. The van der Waals surface area contributed by atoms with E-state index in [0.29, 0.717) is 12.8 Å². The Labute approximate surface area is 192 Å². The van der Waals surface area contributed by atoms with Gasteiger partial charge in [-0.2, -0.15) is 0 Å². The van der Waals surface area contributed by atoms with Gasteiger partial charge in [-0.15, -0.1) is 0 Å². The van der Waals surface area contributed by atoms with E-state index in [-0.39, 0.29) is 41.7 Å². The highest BCUT2D eigenvalue weighted by atomic mass is 16.5. The molecular weight excluding hydrogens is 408 g/mol. The minimum atomic E-state index is -1.01. The quantitative estimate of drug-likeness (QED) is 0.470. The van der Waals surface area contributed by atoms with Gasteiger partial charge in [0, 0.05) is 24.8 Å². The second-order valence-electron chi connectivity index (χ2n) is 11.1. The molecule has 7 unspecified atom stereocenters. The first-order valence-corrected chi connectivity index (χ1v) is 11.9. The summed E-state index contributed by atoms with van der Waals surface area (Å²) in [5.74, 6) is -0.850. The van der Waals surface area contributed by atoms with Crippen LogP contribution in [0.1, 0.15) is 79.6 Å². The maximum absolute atomic E-state index is 12.8. The van der Waals surface area contributed by atoms with E-state index in [2.05, 4.69) is 19.9 Å². The fourth-order valence-electron chi connectivity index (χ4n) is 7.19. The first-order chi connectivity index (χ1) is 14.8. The predicted molar refractivity (Wildman–Crippen MR) is 122 cm³/mol. The highest BCUT2D eigenvalue weighted by molar-refractivity contribution is 5.85. The number of esters is 2. The molecule has 7 atom stereocenters. The molecule has 0 aromatic heterocycles. The molecule has 6 nitrogen and oxygen atoms in total. The number of aliphatic hydroxyl groups is 2. The molecule has 1 heterocycles. The van der Waals surface area contributed by atoms with Gasteiger partial charge in [0.1, 0.15) is 6.10 Å². The predicted octanol–water partition coefficient (Wildman–Crippen LogP) is 4.09. The topological polar surface area (TPSA) is 93.1 Å². The lowest BCUT2D eigenvalue weighted by molar-refractivity contribution is -0.224. The summed E-state index contributed by atoms with van der Waals surface area (Å²) in [5.41, 5.74) is -0.00295. The van der Waals surface area contributed by atoms with Crippen molar-refractivity contribution in [1.82, 2.24) is 0 Å². The number of cyclic esters (lactones) is 1. The smallest absolute Gasteiger partial charge is 0.331 e. The summed E-state index contributed by atoms with van der Waals surface area (Å²) in [6.45, 7) is 9.88. The number of methoxy groups -OCH3 is 1. The lowest BCUT2D eigenvalue weighted by Crippen LogP contribution is -2.64. The Morgan fingerprint density at radius 1 is 1.31 bits per heavy atom. The maximum atomic E-state index is 12.8. The van der Waals surface area contributed by atoms with Crippen molar-refractivity contribution in [3.8, 4) is 0 Å². The number of hydrogen-bond acceptors (Lipinski definition) is 6.